The van der Waals surface area contributed by atoms with Crippen molar-refractivity contribution in [2.45, 2.75) is 58.9 Å². The summed E-state index contributed by atoms with van der Waals surface area (Å²) in [5.41, 5.74) is 1.38. The molecule has 0 aliphatic heterocycles. The zero-order chi connectivity index (χ0) is 15.2. The van der Waals surface area contributed by atoms with Crippen LogP contribution in [0.25, 0.3) is 0 Å². The normalized spacial score (nSPS) is 20.1. The van der Waals surface area contributed by atoms with Crippen molar-refractivity contribution < 1.29 is 4.79 Å². The summed E-state index contributed by atoms with van der Waals surface area (Å²) in [7, 11) is 0. The number of nitrogens with zero attached hydrogens (tertiary/aromatic N) is 4. The molecule has 1 saturated carbocycles. The molecule has 0 spiro atoms. The predicted octanol–water partition coefficient (Wildman–Crippen LogP) is 3.41. The Kier molecular flexibility index (Phi) is 5.26. The minimum Gasteiger partial charge on any atom is -0.299 e. The van der Waals surface area contributed by atoms with Crippen LogP contribution in [0.15, 0.2) is 11.2 Å². The van der Waals surface area contributed by atoms with Crippen LogP contribution in [0.3, 0.4) is 0 Å². The number of unbranched alkanes of at least 4 members (excludes halogenated alkanes) is 2. The molecule has 1 aromatic heterocycles. The summed E-state index contributed by atoms with van der Waals surface area (Å²) in [5.74, 6) is 0.991. The van der Waals surface area contributed by atoms with Crippen molar-refractivity contribution in [2.75, 3.05) is 0 Å². The number of Topliss-reactive ketones (excluding diaryl/α,β-unsaturated/α-hetero) is 1. The summed E-state index contributed by atoms with van der Waals surface area (Å²) in [6.45, 7) is 4.95. The zero-order valence-electron chi connectivity index (χ0n) is 12.8. The number of hydrogen-bond donors (Lipinski definition) is 0. The van der Waals surface area contributed by atoms with Crippen LogP contribution in [0.5, 0.6) is 0 Å². The van der Waals surface area contributed by atoms with E-state index in [-0.39, 0.29) is 11.7 Å². The number of aliphatic imine (C=N–C) groups is 1. The van der Waals surface area contributed by atoms with E-state index in [1.807, 2.05) is 6.92 Å². The molecular formula is C16H22N4O. The van der Waals surface area contributed by atoms with Crippen molar-refractivity contribution in [3.8, 4) is 6.07 Å². The number of ketones is 1. The highest BCUT2D eigenvalue weighted by Gasteiger charge is 2.28. The van der Waals surface area contributed by atoms with Gasteiger partial charge >= 0.3 is 0 Å². The second kappa shape index (κ2) is 7.16. The first kappa shape index (κ1) is 15.4. The number of carbonyl (C=O) groups is 1. The average molecular weight is 286 g/mol. The molecule has 21 heavy (non-hydrogen) atoms. The second-order valence-electron chi connectivity index (χ2n) is 5.55. The topological polar surface area (TPSA) is 71.0 Å². The second-order valence-corrected chi connectivity index (χ2v) is 5.55. The standard InChI is InChI=1S/C16H22N4O/c1-3-5-6-7-20-16(13(10-17)11-18-20)19-14-8-12(4-2)15(21)9-14/h11-12H,3-9H2,1-2H3. The minimum absolute atomic E-state index is 0.103. The molecular weight excluding hydrogens is 264 g/mol. The molecule has 1 unspecified atom stereocenters. The van der Waals surface area contributed by atoms with Gasteiger partial charge < -0.3 is 0 Å². The summed E-state index contributed by atoms with van der Waals surface area (Å²) < 4.78 is 1.80. The fraction of sp³-hybridized carbons (Fsp3) is 0.625. The van der Waals surface area contributed by atoms with Crippen molar-refractivity contribution >= 4 is 17.3 Å². The Hall–Kier alpha value is -1.96. The number of rotatable bonds is 6. The molecule has 1 atom stereocenters. The molecule has 0 amide bonds. The average Bonchev–Trinajstić information content (AvgIpc) is 3.03. The van der Waals surface area contributed by atoms with Crippen LogP contribution in [0.1, 0.15) is 57.9 Å². The molecule has 5 heteroatoms. The molecule has 1 fully saturated rings. The van der Waals surface area contributed by atoms with E-state index in [0.29, 0.717) is 17.8 Å². The van der Waals surface area contributed by atoms with E-state index in [1.165, 1.54) is 0 Å². The summed E-state index contributed by atoms with van der Waals surface area (Å²) >= 11 is 0. The van der Waals surface area contributed by atoms with Gasteiger partial charge in [-0.05, 0) is 19.3 Å². The van der Waals surface area contributed by atoms with E-state index in [0.717, 1.165) is 44.4 Å². The van der Waals surface area contributed by atoms with Crippen molar-refractivity contribution in [3.63, 3.8) is 0 Å². The third-order valence-corrected chi connectivity index (χ3v) is 3.98. The highest BCUT2D eigenvalue weighted by atomic mass is 16.1. The molecule has 0 N–H and O–H groups in total. The first-order valence-corrected chi connectivity index (χ1v) is 7.74. The van der Waals surface area contributed by atoms with Crippen LogP contribution >= 0.6 is 0 Å². The van der Waals surface area contributed by atoms with Crippen LogP contribution in [0, 0.1) is 17.2 Å². The maximum atomic E-state index is 11.8. The van der Waals surface area contributed by atoms with E-state index < -0.39 is 0 Å². The summed E-state index contributed by atoms with van der Waals surface area (Å²) in [5, 5.41) is 13.4. The molecule has 0 saturated heterocycles. The number of nitriles is 1. The van der Waals surface area contributed by atoms with Gasteiger partial charge in [-0.15, -0.1) is 0 Å². The quantitative estimate of drug-likeness (QED) is 0.752. The van der Waals surface area contributed by atoms with Crippen LogP contribution in [0.4, 0.5) is 5.82 Å². The van der Waals surface area contributed by atoms with E-state index in [4.69, 9.17) is 0 Å². The third kappa shape index (κ3) is 3.57. The molecule has 0 radical (unpaired) electrons. The Labute approximate surface area is 125 Å². The van der Waals surface area contributed by atoms with Gasteiger partial charge in [0.2, 0.25) is 0 Å². The summed E-state index contributed by atoms with van der Waals surface area (Å²) in [6.07, 6.45) is 6.87. The lowest BCUT2D eigenvalue weighted by molar-refractivity contribution is -0.120. The molecule has 5 nitrogen and oxygen atoms in total. The SMILES string of the molecule is CCCCCn1ncc(C#N)c1N=C1CC(=O)C(CC)C1. The fourth-order valence-electron chi connectivity index (χ4n) is 2.67. The molecule has 112 valence electrons. The lowest BCUT2D eigenvalue weighted by Crippen LogP contribution is -2.03. The fourth-order valence-corrected chi connectivity index (χ4v) is 2.67. The monoisotopic (exact) mass is 286 g/mol. The van der Waals surface area contributed by atoms with Crippen LogP contribution in [0.2, 0.25) is 0 Å². The van der Waals surface area contributed by atoms with Crippen LogP contribution < -0.4 is 0 Å². The number of carbonyl (C=O) groups excluding carboxylic acids is 1. The van der Waals surface area contributed by atoms with E-state index in [9.17, 15) is 10.1 Å². The molecule has 1 heterocycles. The van der Waals surface area contributed by atoms with Crippen molar-refractivity contribution in [1.29, 1.82) is 5.26 Å². The number of aryl methyl sites for hydroxylation is 1. The van der Waals surface area contributed by atoms with Gasteiger partial charge in [-0.2, -0.15) is 10.4 Å². The molecule has 1 aliphatic rings. The lowest BCUT2D eigenvalue weighted by atomic mass is 10.1. The molecule has 2 rings (SSSR count). The Morgan fingerprint density at radius 3 is 2.90 bits per heavy atom. The van der Waals surface area contributed by atoms with Gasteiger partial charge in [-0.25, -0.2) is 9.67 Å². The highest BCUT2D eigenvalue weighted by molar-refractivity contribution is 6.10. The molecule has 0 bridgehead atoms. The summed E-state index contributed by atoms with van der Waals surface area (Å²) in [6, 6.07) is 2.14. The zero-order valence-corrected chi connectivity index (χ0v) is 12.8. The molecule has 0 aromatic carbocycles. The smallest absolute Gasteiger partial charge is 0.168 e. The first-order valence-electron chi connectivity index (χ1n) is 7.74. The van der Waals surface area contributed by atoms with Gasteiger partial charge in [0.05, 0.1) is 6.20 Å². The Bertz CT molecular complexity index is 580. The Morgan fingerprint density at radius 1 is 1.48 bits per heavy atom. The van der Waals surface area contributed by atoms with E-state index in [1.54, 1.807) is 10.9 Å². The maximum Gasteiger partial charge on any atom is 0.168 e. The molecule has 1 aliphatic carbocycles. The van der Waals surface area contributed by atoms with Gasteiger partial charge in [0, 0.05) is 24.6 Å². The van der Waals surface area contributed by atoms with Gasteiger partial charge in [-0.3, -0.25) is 4.79 Å². The van der Waals surface area contributed by atoms with E-state index in [2.05, 4.69) is 23.1 Å². The van der Waals surface area contributed by atoms with Crippen LogP contribution in [-0.4, -0.2) is 21.3 Å². The Morgan fingerprint density at radius 2 is 2.29 bits per heavy atom. The lowest BCUT2D eigenvalue weighted by Gasteiger charge is -2.05. The maximum absolute atomic E-state index is 11.8. The minimum atomic E-state index is 0.103. The molecule has 1 aromatic rings. The largest absolute Gasteiger partial charge is 0.299 e. The van der Waals surface area contributed by atoms with Gasteiger partial charge in [-0.1, -0.05) is 26.7 Å². The number of aromatic nitrogens is 2. The first-order chi connectivity index (χ1) is 10.2. The van der Waals surface area contributed by atoms with Gasteiger partial charge in [0.1, 0.15) is 17.4 Å². The Balaban J connectivity index is 2.20. The van der Waals surface area contributed by atoms with Crippen molar-refractivity contribution in [2.24, 2.45) is 10.9 Å². The highest BCUT2D eigenvalue weighted by Crippen LogP contribution is 2.27. The number of hydrogen-bond acceptors (Lipinski definition) is 4. The summed E-state index contributed by atoms with van der Waals surface area (Å²) in [4.78, 5) is 16.4. The predicted molar refractivity (Wildman–Crippen MR) is 81.6 cm³/mol. The van der Waals surface area contributed by atoms with Gasteiger partial charge in [0.15, 0.2) is 5.82 Å². The van der Waals surface area contributed by atoms with Crippen LogP contribution in [-0.2, 0) is 11.3 Å². The van der Waals surface area contributed by atoms with Crippen molar-refractivity contribution in [3.05, 3.63) is 11.8 Å². The van der Waals surface area contributed by atoms with E-state index >= 15 is 0 Å². The van der Waals surface area contributed by atoms with Gasteiger partial charge in [0.25, 0.3) is 0 Å². The van der Waals surface area contributed by atoms with Crippen molar-refractivity contribution in [1.82, 2.24) is 9.78 Å². The third-order valence-electron chi connectivity index (χ3n) is 3.98.